The number of hydrogen-bond acceptors (Lipinski definition) is 7. The second-order valence-corrected chi connectivity index (χ2v) is 9.60. The van der Waals surface area contributed by atoms with Crippen LogP contribution in [0.5, 0.6) is 0 Å². The van der Waals surface area contributed by atoms with E-state index < -0.39 is 26.8 Å². The summed E-state index contributed by atoms with van der Waals surface area (Å²) in [6.45, 7) is 1.95. The fraction of sp³-hybridized carbons (Fsp3) is 0.261. The Morgan fingerprint density at radius 2 is 1.58 bits per heavy atom. The minimum atomic E-state index is -3.75. The molecule has 0 aliphatic rings. The lowest BCUT2D eigenvalue weighted by molar-refractivity contribution is 0.0828. The minimum Gasteiger partial charge on any atom is -0.373 e. The molecule has 0 bridgehead atoms. The molecule has 174 valence electrons. The second-order valence-electron chi connectivity index (χ2n) is 7.85. The molecule has 0 heterocycles. The van der Waals surface area contributed by atoms with E-state index in [9.17, 15) is 22.8 Å². The topological polar surface area (TPSA) is 125 Å². The van der Waals surface area contributed by atoms with E-state index in [0.717, 1.165) is 11.8 Å². The fourth-order valence-corrected chi connectivity index (χ4v) is 4.03. The van der Waals surface area contributed by atoms with Crippen LogP contribution in [0.2, 0.25) is 0 Å². The molecule has 33 heavy (non-hydrogen) atoms. The Morgan fingerprint density at radius 3 is 2.15 bits per heavy atom. The van der Waals surface area contributed by atoms with Crippen molar-refractivity contribution in [3.63, 3.8) is 0 Å². The smallest absolute Gasteiger partial charge is 0.255 e. The highest BCUT2D eigenvalue weighted by molar-refractivity contribution is 7.92. The van der Waals surface area contributed by atoms with E-state index in [0.29, 0.717) is 6.42 Å². The van der Waals surface area contributed by atoms with Gasteiger partial charge in [-0.05, 0) is 24.1 Å². The second kappa shape index (κ2) is 9.45. The number of sulfonamides is 1. The van der Waals surface area contributed by atoms with E-state index in [4.69, 9.17) is 0 Å². The number of hydrogen-bond donors (Lipinski definition) is 3. The van der Waals surface area contributed by atoms with Crippen molar-refractivity contribution in [3.8, 4) is 0 Å². The highest BCUT2D eigenvalue weighted by atomic mass is 32.2. The van der Waals surface area contributed by atoms with Crippen molar-refractivity contribution in [1.82, 2.24) is 4.90 Å². The summed E-state index contributed by atoms with van der Waals surface area (Å²) in [5.74, 6) is -0.428. The third-order valence-corrected chi connectivity index (χ3v) is 5.66. The van der Waals surface area contributed by atoms with Crippen LogP contribution in [0.3, 0.4) is 0 Å². The number of anilines is 4. The molecule has 0 saturated heterocycles. The Labute approximate surface area is 192 Å². The molecule has 0 saturated carbocycles. The maximum absolute atomic E-state index is 12.6. The van der Waals surface area contributed by atoms with E-state index in [1.54, 1.807) is 20.2 Å². The van der Waals surface area contributed by atoms with Gasteiger partial charge in [-0.25, -0.2) is 8.42 Å². The lowest BCUT2D eigenvalue weighted by Gasteiger charge is -2.23. The van der Waals surface area contributed by atoms with Crippen molar-refractivity contribution < 1.29 is 13.2 Å². The van der Waals surface area contributed by atoms with Gasteiger partial charge >= 0.3 is 0 Å². The van der Waals surface area contributed by atoms with Crippen molar-refractivity contribution in [2.45, 2.75) is 19.4 Å². The zero-order chi connectivity index (χ0) is 24.3. The third kappa shape index (κ3) is 5.23. The van der Waals surface area contributed by atoms with Crippen molar-refractivity contribution in [2.75, 3.05) is 35.7 Å². The first-order chi connectivity index (χ1) is 15.5. The average Bonchev–Trinajstić information content (AvgIpc) is 2.78. The Morgan fingerprint density at radius 1 is 0.939 bits per heavy atom. The first-order valence-electron chi connectivity index (χ1n) is 10.3. The van der Waals surface area contributed by atoms with E-state index in [1.165, 1.54) is 17.0 Å². The zero-order valence-electron chi connectivity index (χ0n) is 18.8. The van der Waals surface area contributed by atoms with Crippen LogP contribution in [-0.4, -0.2) is 39.6 Å². The van der Waals surface area contributed by atoms with Gasteiger partial charge in [0.25, 0.3) is 16.8 Å². The quantitative estimate of drug-likeness (QED) is 0.411. The van der Waals surface area contributed by atoms with Crippen LogP contribution in [0.15, 0.2) is 58.1 Å². The summed E-state index contributed by atoms with van der Waals surface area (Å²) in [6.07, 6.45) is 1.62. The molecular formula is C23H26N4O5S. The molecule has 3 N–H and O–H groups in total. The molecule has 0 fully saturated rings. The molecule has 3 rings (SSSR count). The molecule has 10 heteroatoms. The number of carbonyl (C=O) groups is 1. The number of carbonyl (C=O) groups excluding carboxylic acids is 1. The van der Waals surface area contributed by atoms with Crippen molar-refractivity contribution in [1.29, 1.82) is 0 Å². The van der Waals surface area contributed by atoms with Gasteiger partial charge in [-0.2, -0.15) is 0 Å². The van der Waals surface area contributed by atoms with E-state index in [1.807, 2.05) is 37.3 Å². The Bertz CT molecular complexity index is 1340. The van der Waals surface area contributed by atoms with Crippen molar-refractivity contribution >= 4 is 38.7 Å². The normalized spacial score (nSPS) is 12.2. The predicted molar refractivity (Wildman–Crippen MR) is 131 cm³/mol. The molecule has 0 spiro atoms. The molecule has 0 aromatic heterocycles. The van der Waals surface area contributed by atoms with Gasteiger partial charge < -0.3 is 15.5 Å². The van der Waals surface area contributed by atoms with Crippen LogP contribution in [-0.2, 0) is 10.0 Å². The Hall–Kier alpha value is -3.66. The summed E-state index contributed by atoms with van der Waals surface area (Å²) in [6, 6.07) is 13.9. The van der Waals surface area contributed by atoms with Crippen molar-refractivity contribution in [2.24, 2.45) is 0 Å². The highest BCUT2D eigenvalue weighted by Gasteiger charge is 2.26. The van der Waals surface area contributed by atoms with E-state index in [-0.39, 0.29) is 34.4 Å². The van der Waals surface area contributed by atoms with Gasteiger partial charge in [0.1, 0.15) is 11.4 Å². The molecule has 3 aromatic carbocycles. The summed E-state index contributed by atoms with van der Waals surface area (Å²) in [5, 5.41) is 5.99. The summed E-state index contributed by atoms with van der Waals surface area (Å²) in [7, 11) is -0.664. The van der Waals surface area contributed by atoms with Crippen molar-refractivity contribution in [3.05, 3.63) is 80.1 Å². The van der Waals surface area contributed by atoms with E-state index >= 15 is 0 Å². The summed E-state index contributed by atoms with van der Waals surface area (Å²) < 4.78 is 26.3. The van der Waals surface area contributed by atoms with Gasteiger partial charge in [0.05, 0.1) is 29.2 Å². The van der Waals surface area contributed by atoms with Crippen LogP contribution < -0.4 is 26.2 Å². The summed E-state index contributed by atoms with van der Waals surface area (Å²) in [4.78, 5) is 38.6. The van der Waals surface area contributed by atoms with Gasteiger partial charge in [0, 0.05) is 14.1 Å². The number of para-hydroxylation sites is 1. The van der Waals surface area contributed by atoms with Crippen LogP contribution in [0.1, 0.15) is 35.3 Å². The molecule has 0 radical (unpaired) electrons. The van der Waals surface area contributed by atoms with Crippen LogP contribution >= 0.6 is 0 Å². The summed E-state index contributed by atoms with van der Waals surface area (Å²) >= 11 is 0. The molecule has 9 nitrogen and oxygen atoms in total. The largest absolute Gasteiger partial charge is 0.373 e. The van der Waals surface area contributed by atoms with Gasteiger partial charge in [-0.1, -0.05) is 43.3 Å². The number of rotatable bonds is 9. The number of nitrogens with one attached hydrogen (secondary N) is 3. The predicted octanol–water partition coefficient (Wildman–Crippen LogP) is 2.66. The Kier molecular flexibility index (Phi) is 6.87. The molecule has 0 aliphatic carbocycles. The van der Waals surface area contributed by atoms with Gasteiger partial charge in [0.2, 0.25) is 10.0 Å². The lowest BCUT2D eigenvalue weighted by atomic mass is 10.0. The molecule has 0 unspecified atom stereocenters. The lowest BCUT2D eigenvalue weighted by Crippen LogP contribution is -2.37. The molecule has 0 aliphatic heterocycles. The highest BCUT2D eigenvalue weighted by Crippen LogP contribution is 2.33. The van der Waals surface area contributed by atoms with Gasteiger partial charge in [-0.15, -0.1) is 0 Å². The average molecular weight is 471 g/mol. The van der Waals surface area contributed by atoms with Crippen LogP contribution in [0, 0.1) is 0 Å². The standard InChI is InChI=1S/C23H26N4O5S/c1-5-16(14-10-7-6-8-11-14)24-19-20(22(29)21(19)28)25-17-13-9-12-15(23(30)27(2)3)18(17)26-33(4,31)32/h6-13,16,24-26H,5H2,1-4H3/t16-/m1/s1. The molecule has 1 atom stereocenters. The number of benzene rings is 2. The number of nitrogens with zero attached hydrogens (tertiary/aromatic N) is 1. The molecule has 3 aromatic rings. The molecule has 1 amide bonds. The number of amides is 1. The minimum absolute atomic E-state index is 0.00667. The van der Waals surface area contributed by atoms with Gasteiger partial charge in [0.15, 0.2) is 0 Å². The summed E-state index contributed by atoms with van der Waals surface area (Å²) in [5.41, 5.74) is -0.0361. The molecular weight excluding hydrogens is 444 g/mol. The monoisotopic (exact) mass is 470 g/mol. The van der Waals surface area contributed by atoms with Crippen LogP contribution in [0.25, 0.3) is 0 Å². The third-order valence-electron chi connectivity index (χ3n) is 5.09. The maximum Gasteiger partial charge on any atom is 0.255 e. The van der Waals surface area contributed by atoms with Gasteiger partial charge in [-0.3, -0.25) is 19.1 Å². The first-order valence-corrected chi connectivity index (χ1v) is 12.2. The maximum atomic E-state index is 12.6. The zero-order valence-corrected chi connectivity index (χ0v) is 19.6. The Balaban J connectivity index is 2.02. The fourth-order valence-electron chi connectivity index (χ4n) is 3.43. The first kappa shape index (κ1) is 24.0. The van der Waals surface area contributed by atoms with Crippen LogP contribution in [0.4, 0.5) is 22.7 Å². The SMILES string of the molecule is CC[C@@H](Nc1c(Nc2cccc(C(=O)N(C)C)c2NS(C)(=O)=O)c(=O)c1=O)c1ccccc1. The van der Waals surface area contributed by atoms with E-state index in [2.05, 4.69) is 15.4 Å².